The van der Waals surface area contributed by atoms with Gasteiger partial charge >= 0.3 is 0 Å². The van der Waals surface area contributed by atoms with Crippen molar-refractivity contribution in [3.05, 3.63) is 17.5 Å². The van der Waals surface area contributed by atoms with Crippen LogP contribution in [0.15, 0.2) is 6.20 Å². The first kappa shape index (κ1) is 13.7. The summed E-state index contributed by atoms with van der Waals surface area (Å²) >= 11 is 0. The molecule has 0 N–H and O–H groups in total. The predicted octanol–water partition coefficient (Wildman–Crippen LogP) is 2.46. The zero-order chi connectivity index (χ0) is 13.4. The highest BCUT2D eigenvalue weighted by molar-refractivity contribution is 5.95. The van der Waals surface area contributed by atoms with Crippen molar-refractivity contribution in [1.82, 2.24) is 14.7 Å². The molecule has 0 bridgehead atoms. The molecule has 0 saturated carbocycles. The summed E-state index contributed by atoms with van der Waals surface area (Å²) in [7, 11) is 3.53. The highest BCUT2D eigenvalue weighted by atomic mass is 16.2. The molecule has 0 fully saturated rings. The minimum absolute atomic E-state index is 0.0178. The molecule has 1 amide bonds. The Labute approximate surface area is 104 Å². The second kappa shape index (κ2) is 4.51. The predicted molar refractivity (Wildman–Crippen MR) is 69.3 cm³/mol. The monoisotopic (exact) mass is 237 g/mol. The van der Waals surface area contributed by atoms with Gasteiger partial charge in [-0.25, -0.2) is 0 Å². The van der Waals surface area contributed by atoms with E-state index in [4.69, 9.17) is 0 Å². The van der Waals surface area contributed by atoms with Crippen LogP contribution in [0.3, 0.4) is 0 Å². The Balaban J connectivity index is 3.35. The lowest BCUT2D eigenvalue weighted by molar-refractivity contribution is 0.0825. The molecule has 0 radical (unpaired) electrons. The molecule has 96 valence electrons. The van der Waals surface area contributed by atoms with Crippen LogP contribution in [0, 0.1) is 0 Å². The third kappa shape index (κ3) is 2.68. The Kier molecular flexibility index (Phi) is 3.65. The fourth-order valence-electron chi connectivity index (χ4n) is 1.85. The molecule has 1 rings (SSSR count). The van der Waals surface area contributed by atoms with Crippen molar-refractivity contribution in [3.8, 4) is 0 Å². The molecule has 0 aliphatic heterocycles. The number of carbonyl (C=O) groups excluding carboxylic acids is 1. The van der Waals surface area contributed by atoms with E-state index >= 15 is 0 Å². The summed E-state index contributed by atoms with van der Waals surface area (Å²) < 4.78 is 1.95. The lowest BCUT2D eigenvalue weighted by Crippen LogP contribution is -2.28. The van der Waals surface area contributed by atoms with Crippen LogP contribution in [0.25, 0.3) is 0 Å². The normalized spacial score (nSPS) is 12.0. The van der Waals surface area contributed by atoms with Gasteiger partial charge in [-0.3, -0.25) is 9.48 Å². The van der Waals surface area contributed by atoms with E-state index in [1.165, 1.54) is 0 Å². The van der Waals surface area contributed by atoms with Crippen LogP contribution in [0.1, 0.15) is 56.6 Å². The number of amides is 1. The average molecular weight is 237 g/mol. The SMILES string of the molecule is CC(C)c1c(C(=O)N(C)C)cnn1C(C)(C)C. The molecule has 0 atom stereocenters. The van der Waals surface area contributed by atoms with Gasteiger partial charge in [0.05, 0.1) is 23.0 Å². The maximum atomic E-state index is 12.1. The molecule has 1 aromatic heterocycles. The van der Waals surface area contributed by atoms with E-state index in [9.17, 15) is 4.79 Å². The first-order valence-electron chi connectivity index (χ1n) is 5.96. The summed E-state index contributed by atoms with van der Waals surface area (Å²) in [6.45, 7) is 10.5. The van der Waals surface area contributed by atoms with Crippen LogP contribution in [0.5, 0.6) is 0 Å². The zero-order valence-electron chi connectivity index (χ0n) is 11.9. The van der Waals surface area contributed by atoms with Crippen LogP contribution in [-0.4, -0.2) is 34.7 Å². The molecule has 4 nitrogen and oxygen atoms in total. The van der Waals surface area contributed by atoms with Crippen molar-refractivity contribution in [1.29, 1.82) is 0 Å². The standard InChI is InChI=1S/C13H23N3O/c1-9(2)11-10(12(17)15(6)7)8-14-16(11)13(3,4)5/h8-9H,1-7H3. The lowest BCUT2D eigenvalue weighted by Gasteiger charge is -2.25. The van der Waals surface area contributed by atoms with Crippen molar-refractivity contribution >= 4 is 5.91 Å². The van der Waals surface area contributed by atoms with Gasteiger partial charge < -0.3 is 4.90 Å². The molecule has 1 aromatic rings. The lowest BCUT2D eigenvalue weighted by atomic mass is 10.0. The van der Waals surface area contributed by atoms with Crippen molar-refractivity contribution in [3.63, 3.8) is 0 Å². The largest absolute Gasteiger partial charge is 0.345 e. The van der Waals surface area contributed by atoms with Crippen LogP contribution in [-0.2, 0) is 5.54 Å². The summed E-state index contributed by atoms with van der Waals surface area (Å²) in [6.07, 6.45) is 1.68. The topological polar surface area (TPSA) is 38.1 Å². The van der Waals surface area contributed by atoms with Gasteiger partial charge in [0.25, 0.3) is 5.91 Å². The summed E-state index contributed by atoms with van der Waals surface area (Å²) in [6, 6.07) is 0. The van der Waals surface area contributed by atoms with E-state index in [0.29, 0.717) is 5.56 Å². The molecular weight excluding hydrogens is 214 g/mol. The summed E-state index contributed by atoms with van der Waals surface area (Å²) in [5, 5.41) is 4.38. The van der Waals surface area contributed by atoms with Gasteiger partial charge in [-0.05, 0) is 26.7 Å². The van der Waals surface area contributed by atoms with Crippen molar-refractivity contribution < 1.29 is 4.79 Å². The maximum Gasteiger partial charge on any atom is 0.256 e. The summed E-state index contributed by atoms with van der Waals surface area (Å²) in [5.41, 5.74) is 1.61. The number of hydrogen-bond donors (Lipinski definition) is 0. The molecule has 0 aromatic carbocycles. The minimum Gasteiger partial charge on any atom is -0.345 e. The average Bonchev–Trinajstić information content (AvgIpc) is 2.59. The van der Waals surface area contributed by atoms with E-state index < -0.39 is 0 Å². The van der Waals surface area contributed by atoms with Gasteiger partial charge in [-0.1, -0.05) is 13.8 Å². The number of hydrogen-bond acceptors (Lipinski definition) is 2. The Bertz CT molecular complexity index is 411. The Morgan fingerprint density at radius 3 is 2.24 bits per heavy atom. The van der Waals surface area contributed by atoms with Crippen molar-refractivity contribution in [2.45, 2.75) is 46.1 Å². The van der Waals surface area contributed by atoms with Crippen LogP contribution < -0.4 is 0 Å². The molecule has 0 aliphatic rings. The Morgan fingerprint density at radius 1 is 1.35 bits per heavy atom. The van der Waals surface area contributed by atoms with E-state index in [2.05, 4.69) is 39.7 Å². The number of nitrogens with zero attached hydrogens (tertiary/aromatic N) is 3. The van der Waals surface area contributed by atoms with E-state index in [1.54, 1.807) is 25.2 Å². The second-order valence-corrected chi connectivity index (χ2v) is 5.88. The highest BCUT2D eigenvalue weighted by Gasteiger charge is 2.26. The minimum atomic E-state index is -0.107. The number of rotatable bonds is 2. The van der Waals surface area contributed by atoms with Gasteiger partial charge in [0.1, 0.15) is 0 Å². The van der Waals surface area contributed by atoms with Crippen LogP contribution >= 0.6 is 0 Å². The zero-order valence-corrected chi connectivity index (χ0v) is 11.9. The Hall–Kier alpha value is -1.32. The summed E-state index contributed by atoms with van der Waals surface area (Å²) in [4.78, 5) is 13.7. The van der Waals surface area contributed by atoms with Gasteiger partial charge in [-0.2, -0.15) is 5.10 Å². The van der Waals surface area contributed by atoms with E-state index in [1.807, 2.05) is 4.68 Å². The molecular formula is C13H23N3O. The maximum absolute atomic E-state index is 12.1. The smallest absolute Gasteiger partial charge is 0.256 e. The van der Waals surface area contributed by atoms with Crippen LogP contribution in [0.2, 0.25) is 0 Å². The molecule has 1 heterocycles. The second-order valence-electron chi connectivity index (χ2n) is 5.88. The van der Waals surface area contributed by atoms with E-state index in [0.717, 1.165) is 5.69 Å². The molecule has 0 unspecified atom stereocenters. The highest BCUT2D eigenvalue weighted by Crippen LogP contribution is 2.26. The molecule has 0 spiro atoms. The number of carbonyl (C=O) groups is 1. The molecule has 4 heteroatoms. The fourth-order valence-corrected chi connectivity index (χ4v) is 1.85. The Morgan fingerprint density at radius 2 is 1.88 bits per heavy atom. The van der Waals surface area contributed by atoms with Gasteiger partial charge in [0, 0.05) is 14.1 Å². The van der Waals surface area contributed by atoms with Gasteiger partial charge in [0.15, 0.2) is 0 Å². The molecule has 0 saturated heterocycles. The van der Waals surface area contributed by atoms with Gasteiger partial charge in [-0.15, -0.1) is 0 Å². The van der Waals surface area contributed by atoms with Crippen molar-refractivity contribution in [2.24, 2.45) is 0 Å². The third-order valence-corrected chi connectivity index (χ3v) is 2.63. The van der Waals surface area contributed by atoms with Crippen LogP contribution in [0.4, 0.5) is 0 Å². The third-order valence-electron chi connectivity index (χ3n) is 2.63. The fraction of sp³-hybridized carbons (Fsp3) is 0.692. The van der Waals surface area contributed by atoms with Crippen molar-refractivity contribution in [2.75, 3.05) is 14.1 Å². The first-order valence-corrected chi connectivity index (χ1v) is 5.96. The number of aromatic nitrogens is 2. The van der Waals surface area contributed by atoms with E-state index in [-0.39, 0.29) is 17.4 Å². The van der Waals surface area contributed by atoms with Gasteiger partial charge in [0.2, 0.25) is 0 Å². The quantitative estimate of drug-likeness (QED) is 0.792. The first-order chi connectivity index (χ1) is 7.66. The summed E-state index contributed by atoms with van der Waals surface area (Å²) in [5.74, 6) is 0.292. The molecule has 17 heavy (non-hydrogen) atoms. The molecule has 0 aliphatic carbocycles.